The average molecular weight is 481 g/mol. The Labute approximate surface area is 190 Å². The number of carbonyl (C=O) groups is 1. The molecular weight excluding hydrogens is 459 g/mol. The van der Waals surface area contributed by atoms with Crippen LogP contribution in [0.2, 0.25) is 5.02 Å². The molecule has 0 bridgehead atoms. The van der Waals surface area contributed by atoms with Gasteiger partial charge in [-0.25, -0.2) is 17.8 Å². The molecule has 8 nitrogen and oxygen atoms in total. The van der Waals surface area contributed by atoms with E-state index in [4.69, 9.17) is 16.3 Å². The second-order valence-corrected chi connectivity index (χ2v) is 9.80. The standard InChI is InChI=1S/C21H22ClFN4O4S/c1-26-19-5-3-15(32(29,30)27-8-10-31-11-9-27)13-18(19)24-20(26)6-7-21(28)25-17-4-2-14(22)12-16(17)23/h2-5,12-13H,6-11H2,1H3,(H,25,28). The van der Waals surface area contributed by atoms with Crippen LogP contribution in [0, 0.1) is 5.82 Å². The summed E-state index contributed by atoms with van der Waals surface area (Å²) < 4.78 is 48.1. The molecule has 0 spiro atoms. The van der Waals surface area contributed by atoms with Crippen LogP contribution in [0.4, 0.5) is 10.1 Å². The highest BCUT2D eigenvalue weighted by Crippen LogP contribution is 2.24. The number of hydrogen-bond donors (Lipinski definition) is 1. The number of hydrogen-bond acceptors (Lipinski definition) is 5. The monoisotopic (exact) mass is 480 g/mol. The zero-order valence-electron chi connectivity index (χ0n) is 17.3. The predicted octanol–water partition coefficient (Wildman–Crippen LogP) is 2.96. The van der Waals surface area contributed by atoms with E-state index in [1.807, 2.05) is 4.57 Å². The first kappa shape index (κ1) is 22.7. The predicted molar refractivity (Wildman–Crippen MR) is 119 cm³/mol. The third kappa shape index (κ3) is 4.63. The average Bonchev–Trinajstić information content (AvgIpc) is 3.10. The van der Waals surface area contributed by atoms with Crippen LogP contribution in [0.15, 0.2) is 41.3 Å². The topological polar surface area (TPSA) is 93.5 Å². The number of aryl methyl sites for hydroxylation is 2. The van der Waals surface area contributed by atoms with Gasteiger partial charge in [0.1, 0.15) is 11.6 Å². The van der Waals surface area contributed by atoms with E-state index in [1.54, 1.807) is 25.2 Å². The number of amides is 1. The molecule has 0 atom stereocenters. The summed E-state index contributed by atoms with van der Waals surface area (Å²) in [5.41, 5.74) is 1.34. The third-order valence-electron chi connectivity index (χ3n) is 5.33. The number of imidazole rings is 1. The SMILES string of the molecule is Cn1c(CCC(=O)Nc2ccc(Cl)cc2F)nc2cc(S(=O)(=O)N3CCOCC3)ccc21. The first-order valence-corrected chi connectivity index (χ1v) is 11.9. The molecule has 3 aromatic rings. The molecule has 2 aromatic carbocycles. The quantitative estimate of drug-likeness (QED) is 0.585. The Bertz CT molecular complexity index is 1270. The number of anilines is 1. The minimum absolute atomic E-state index is 0.0577. The smallest absolute Gasteiger partial charge is 0.243 e. The lowest BCUT2D eigenvalue weighted by Gasteiger charge is -2.26. The van der Waals surface area contributed by atoms with Gasteiger partial charge in [0, 0.05) is 38.0 Å². The van der Waals surface area contributed by atoms with Crippen LogP contribution < -0.4 is 5.32 Å². The fraction of sp³-hybridized carbons (Fsp3) is 0.333. The summed E-state index contributed by atoms with van der Waals surface area (Å²) >= 11 is 5.72. The Balaban J connectivity index is 1.49. The molecule has 1 amide bonds. The Morgan fingerprint density at radius 1 is 1.22 bits per heavy atom. The number of aromatic nitrogens is 2. The van der Waals surface area contributed by atoms with Gasteiger partial charge in [-0.2, -0.15) is 4.31 Å². The van der Waals surface area contributed by atoms with Gasteiger partial charge in [0.05, 0.1) is 34.8 Å². The summed E-state index contributed by atoms with van der Waals surface area (Å²) in [6, 6.07) is 8.85. The normalized spacial score (nSPS) is 15.2. The number of fused-ring (bicyclic) bond motifs is 1. The largest absolute Gasteiger partial charge is 0.379 e. The van der Waals surface area contributed by atoms with Crippen LogP contribution >= 0.6 is 11.6 Å². The summed E-state index contributed by atoms with van der Waals surface area (Å²) in [6.07, 6.45) is 0.385. The Kier molecular flexibility index (Phi) is 6.47. The van der Waals surface area contributed by atoms with E-state index in [0.29, 0.717) is 44.1 Å². The molecule has 0 aliphatic carbocycles. The number of benzene rings is 2. The van der Waals surface area contributed by atoms with Crippen LogP contribution in [0.25, 0.3) is 11.0 Å². The maximum absolute atomic E-state index is 13.9. The molecule has 170 valence electrons. The first-order valence-electron chi connectivity index (χ1n) is 10.0. The second-order valence-electron chi connectivity index (χ2n) is 7.43. The van der Waals surface area contributed by atoms with Gasteiger partial charge in [0.2, 0.25) is 15.9 Å². The lowest BCUT2D eigenvalue weighted by atomic mass is 10.2. The van der Waals surface area contributed by atoms with Crippen molar-refractivity contribution in [2.75, 3.05) is 31.6 Å². The molecule has 4 rings (SSSR count). The van der Waals surface area contributed by atoms with Gasteiger partial charge < -0.3 is 14.6 Å². The molecule has 32 heavy (non-hydrogen) atoms. The van der Waals surface area contributed by atoms with Crippen molar-refractivity contribution in [2.24, 2.45) is 7.05 Å². The molecule has 0 saturated carbocycles. The third-order valence-corrected chi connectivity index (χ3v) is 7.46. The second kappa shape index (κ2) is 9.14. The van der Waals surface area contributed by atoms with E-state index in [9.17, 15) is 17.6 Å². The molecule has 0 radical (unpaired) electrons. The zero-order valence-corrected chi connectivity index (χ0v) is 18.9. The maximum atomic E-state index is 13.9. The van der Waals surface area contributed by atoms with Crippen LogP contribution in [-0.2, 0) is 33.0 Å². The summed E-state index contributed by atoms with van der Waals surface area (Å²) in [5, 5.41) is 2.77. The fourth-order valence-corrected chi connectivity index (χ4v) is 5.17. The van der Waals surface area contributed by atoms with Crippen molar-refractivity contribution in [2.45, 2.75) is 17.7 Å². The Hall–Kier alpha value is -2.53. The molecule has 0 unspecified atom stereocenters. The lowest BCUT2D eigenvalue weighted by Crippen LogP contribution is -2.40. The van der Waals surface area contributed by atoms with Gasteiger partial charge in [0.25, 0.3) is 0 Å². The Morgan fingerprint density at radius 2 is 1.97 bits per heavy atom. The van der Waals surface area contributed by atoms with E-state index in [2.05, 4.69) is 10.3 Å². The number of halogens is 2. The van der Waals surface area contributed by atoms with Gasteiger partial charge in [-0.3, -0.25) is 4.79 Å². The number of carbonyl (C=O) groups excluding carboxylic acids is 1. The van der Waals surface area contributed by atoms with Gasteiger partial charge in [-0.15, -0.1) is 0 Å². The molecule has 1 saturated heterocycles. The molecule has 1 N–H and O–H groups in total. The molecule has 2 heterocycles. The number of sulfonamides is 1. The number of nitrogens with zero attached hydrogens (tertiary/aromatic N) is 3. The van der Waals surface area contributed by atoms with Crippen molar-refractivity contribution in [1.29, 1.82) is 0 Å². The van der Waals surface area contributed by atoms with Crippen LogP contribution in [0.1, 0.15) is 12.2 Å². The summed E-state index contributed by atoms with van der Waals surface area (Å²) in [6.45, 7) is 1.38. The summed E-state index contributed by atoms with van der Waals surface area (Å²) in [4.78, 5) is 17.0. The summed E-state index contributed by atoms with van der Waals surface area (Å²) in [7, 11) is -1.83. The highest BCUT2D eigenvalue weighted by molar-refractivity contribution is 7.89. The summed E-state index contributed by atoms with van der Waals surface area (Å²) in [5.74, 6) is -0.357. The lowest BCUT2D eigenvalue weighted by molar-refractivity contribution is -0.116. The highest BCUT2D eigenvalue weighted by atomic mass is 35.5. The first-order chi connectivity index (χ1) is 15.3. The zero-order chi connectivity index (χ0) is 22.9. The van der Waals surface area contributed by atoms with E-state index in [1.165, 1.54) is 16.4 Å². The molecular formula is C21H22ClFN4O4S. The van der Waals surface area contributed by atoms with Crippen LogP contribution in [0.5, 0.6) is 0 Å². The minimum Gasteiger partial charge on any atom is -0.379 e. The van der Waals surface area contributed by atoms with Crippen molar-refractivity contribution in [3.8, 4) is 0 Å². The molecule has 1 aliphatic heterocycles. The molecule has 11 heteroatoms. The maximum Gasteiger partial charge on any atom is 0.243 e. The molecule has 1 aromatic heterocycles. The number of rotatable bonds is 6. The van der Waals surface area contributed by atoms with Crippen LogP contribution in [0.3, 0.4) is 0 Å². The number of ether oxygens (including phenoxy) is 1. The van der Waals surface area contributed by atoms with Crippen molar-refractivity contribution >= 4 is 44.3 Å². The number of morpholine rings is 1. The van der Waals surface area contributed by atoms with Gasteiger partial charge in [-0.05, 0) is 36.4 Å². The van der Waals surface area contributed by atoms with Crippen molar-refractivity contribution in [1.82, 2.24) is 13.9 Å². The molecule has 1 aliphatic rings. The van der Waals surface area contributed by atoms with Crippen LogP contribution in [-0.4, -0.2) is 54.5 Å². The Morgan fingerprint density at radius 3 is 2.69 bits per heavy atom. The van der Waals surface area contributed by atoms with E-state index in [0.717, 1.165) is 11.6 Å². The fourth-order valence-electron chi connectivity index (χ4n) is 3.58. The number of nitrogens with one attached hydrogen (secondary N) is 1. The van der Waals surface area contributed by atoms with Gasteiger partial charge in [0.15, 0.2) is 0 Å². The van der Waals surface area contributed by atoms with Crippen molar-refractivity contribution < 1.29 is 22.3 Å². The van der Waals surface area contributed by atoms with E-state index < -0.39 is 15.8 Å². The van der Waals surface area contributed by atoms with Crippen molar-refractivity contribution in [3.05, 3.63) is 53.1 Å². The van der Waals surface area contributed by atoms with E-state index >= 15 is 0 Å². The highest BCUT2D eigenvalue weighted by Gasteiger charge is 2.27. The van der Waals surface area contributed by atoms with Gasteiger partial charge >= 0.3 is 0 Å². The van der Waals surface area contributed by atoms with Gasteiger partial charge in [-0.1, -0.05) is 11.6 Å². The van der Waals surface area contributed by atoms with E-state index in [-0.39, 0.29) is 27.9 Å². The minimum atomic E-state index is -3.63. The van der Waals surface area contributed by atoms with Crippen molar-refractivity contribution in [3.63, 3.8) is 0 Å². The molecule has 1 fully saturated rings.